The third kappa shape index (κ3) is 7.86. The zero-order valence-corrected chi connectivity index (χ0v) is 20.1. The van der Waals surface area contributed by atoms with Crippen molar-refractivity contribution in [2.45, 2.75) is 31.2 Å². The maximum absolute atomic E-state index is 13.0. The Balaban J connectivity index is 1.71. The number of anilines is 1. The maximum atomic E-state index is 13.0. The number of aromatic amines is 1. The molecule has 12 heteroatoms. The summed E-state index contributed by atoms with van der Waals surface area (Å²) in [5.41, 5.74) is 1.37. The van der Waals surface area contributed by atoms with Crippen LogP contribution in [0.1, 0.15) is 18.1 Å². The van der Waals surface area contributed by atoms with Gasteiger partial charge in [0.05, 0.1) is 5.75 Å². The minimum Gasteiger partial charge on any atom is -0.343 e. The van der Waals surface area contributed by atoms with Crippen molar-refractivity contribution < 1.29 is 18.0 Å². The van der Waals surface area contributed by atoms with Crippen LogP contribution in [0.5, 0.6) is 0 Å². The molecule has 4 N–H and O–H groups in total. The van der Waals surface area contributed by atoms with Gasteiger partial charge in [0, 0.05) is 0 Å². The van der Waals surface area contributed by atoms with Gasteiger partial charge in [-0.25, -0.2) is 13.1 Å². The molecule has 9 nitrogen and oxygen atoms in total. The van der Waals surface area contributed by atoms with Crippen LogP contribution in [0.15, 0.2) is 60.7 Å². The average Bonchev–Trinajstić information content (AvgIpc) is 3.18. The molecule has 0 aliphatic heterocycles. The van der Waals surface area contributed by atoms with Crippen LogP contribution in [0, 0.1) is 3.95 Å². The van der Waals surface area contributed by atoms with Crippen LogP contribution in [0.25, 0.3) is 0 Å². The minimum absolute atomic E-state index is 0.121. The summed E-state index contributed by atoms with van der Waals surface area (Å²) in [6.07, 6.45) is 0.121. The van der Waals surface area contributed by atoms with Crippen molar-refractivity contribution in [3.05, 3.63) is 75.7 Å². The van der Waals surface area contributed by atoms with E-state index in [1.165, 1.54) is 6.92 Å². The number of aromatic nitrogens is 2. The van der Waals surface area contributed by atoms with Crippen molar-refractivity contribution in [1.29, 1.82) is 0 Å². The van der Waals surface area contributed by atoms with Crippen LogP contribution < -0.4 is 15.4 Å². The molecular formula is C21H23N5O4S3. The van der Waals surface area contributed by atoms with E-state index in [1.807, 2.05) is 6.07 Å². The first-order valence-electron chi connectivity index (χ1n) is 9.96. The summed E-state index contributed by atoms with van der Waals surface area (Å²) < 4.78 is 28.4. The predicted molar refractivity (Wildman–Crippen MR) is 130 cm³/mol. The zero-order valence-electron chi connectivity index (χ0n) is 17.6. The molecule has 0 aliphatic carbocycles. The molecule has 2 atom stereocenters. The largest absolute Gasteiger partial charge is 0.343 e. The van der Waals surface area contributed by atoms with Gasteiger partial charge in [-0.2, -0.15) is 0 Å². The molecule has 0 fully saturated rings. The Labute approximate surface area is 200 Å². The van der Waals surface area contributed by atoms with Gasteiger partial charge in [-0.3, -0.25) is 20.0 Å². The highest BCUT2D eigenvalue weighted by Gasteiger charge is 2.27. The number of hydrogen-bond donors (Lipinski definition) is 4. The summed E-state index contributed by atoms with van der Waals surface area (Å²) in [5, 5.41) is 11.8. The number of carbonyl (C=O) groups is 2. The van der Waals surface area contributed by atoms with Crippen LogP contribution in [-0.2, 0) is 31.8 Å². The van der Waals surface area contributed by atoms with E-state index in [4.69, 9.17) is 12.2 Å². The molecule has 1 aromatic heterocycles. The first-order chi connectivity index (χ1) is 15.7. The SMILES string of the molecule is C[C@H](NC(=O)[C@H](Cc1ccccc1)NS(=O)(=O)Cc1ccccc1)C(=O)Nc1n[nH]c(=S)s1. The molecule has 174 valence electrons. The van der Waals surface area contributed by atoms with Gasteiger partial charge in [-0.15, -0.1) is 5.10 Å². The van der Waals surface area contributed by atoms with E-state index in [-0.39, 0.29) is 17.3 Å². The Morgan fingerprint density at radius 3 is 2.21 bits per heavy atom. The van der Waals surface area contributed by atoms with Crippen molar-refractivity contribution in [1.82, 2.24) is 20.2 Å². The van der Waals surface area contributed by atoms with Crippen molar-refractivity contribution in [2.24, 2.45) is 0 Å². The lowest BCUT2D eigenvalue weighted by Crippen LogP contribution is -2.52. The topological polar surface area (TPSA) is 133 Å². The number of carbonyl (C=O) groups excluding carboxylic acids is 2. The van der Waals surface area contributed by atoms with Gasteiger partial charge in [-0.05, 0) is 36.7 Å². The number of nitrogens with one attached hydrogen (secondary N) is 4. The van der Waals surface area contributed by atoms with E-state index in [1.54, 1.807) is 54.6 Å². The molecule has 0 spiro atoms. The molecule has 3 rings (SSSR count). The number of sulfonamides is 1. The Kier molecular flexibility index (Phi) is 8.44. The minimum atomic E-state index is -3.84. The summed E-state index contributed by atoms with van der Waals surface area (Å²) in [6.45, 7) is 1.50. The Morgan fingerprint density at radius 1 is 1.03 bits per heavy atom. The Bertz CT molecular complexity index is 1240. The fourth-order valence-corrected chi connectivity index (χ4v) is 5.10. The summed E-state index contributed by atoms with van der Waals surface area (Å²) in [4.78, 5) is 25.4. The first kappa shape index (κ1) is 24.7. The molecule has 3 aromatic rings. The number of amides is 2. The second-order valence-corrected chi connectivity index (χ2v) is 10.7. The molecule has 0 bridgehead atoms. The van der Waals surface area contributed by atoms with Crippen molar-refractivity contribution >= 4 is 50.5 Å². The maximum Gasteiger partial charge on any atom is 0.248 e. The Morgan fingerprint density at radius 2 is 1.64 bits per heavy atom. The molecule has 33 heavy (non-hydrogen) atoms. The fraction of sp³-hybridized carbons (Fsp3) is 0.238. The number of rotatable bonds is 10. The first-order valence-corrected chi connectivity index (χ1v) is 12.8. The molecule has 2 amide bonds. The quantitative estimate of drug-likeness (QED) is 0.313. The molecule has 1 heterocycles. The van der Waals surface area contributed by atoms with Gasteiger partial charge >= 0.3 is 0 Å². The van der Waals surface area contributed by atoms with E-state index in [0.717, 1.165) is 16.9 Å². The third-order valence-electron chi connectivity index (χ3n) is 4.54. The number of nitrogens with zero attached hydrogens (tertiary/aromatic N) is 1. The normalized spacial score (nSPS) is 13.1. The highest BCUT2D eigenvalue weighted by molar-refractivity contribution is 7.88. The highest BCUT2D eigenvalue weighted by atomic mass is 32.2. The van der Waals surface area contributed by atoms with Gasteiger partial charge in [0.15, 0.2) is 3.95 Å². The van der Waals surface area contributed by atoms with Crippen molar-refractivity contribution in [3.8, 4) is 0 Å². The molecular weight excluding hydrogens is 482 g/mol. The molecule has 0 saturated carbocycles. The number of benzene rings is 2. The number of H-pyrrole nitrogens is 1. The van der Waals surface area contributed by atoms with Gasteiger partial charge in [0.2, 0.25) is 27.0 Å². The van der Waals surface area contributed by atoms with Crippen LogP contribution in [-0.4, -0.2) is 42.5 Å². The van der Waals surface area contributed by atoms with Gasteiger partial charge in [-0.1, -0.05) is 72.0 Å². The van der Waals surface area contributed by atoms with Crippen LogP contribution >= 0.6 is 23.6 Å². The molecule has 0 unspecified atom stereocenters. The standard InChI is InChI=1S/C21H23N5O4S3/c1-14(18(27)23-20-24-25-21(31)32-20)22-19(28)17(12-15-8-4-2-5-9-15)26-33(29,30)13-16-10-6-3-7-11-16/h2-11,14,17,26H,12-13H2,1H3,(H,22,28)(H,25,31)(H,23,24,27)/t14-,17-/m0/s1. The molecule has 0 saturated heterocycles. The Hall–Kier alpha value is -2.93. The fourth-order valence-electron chi connectivity index (χ4n) is 2.97. The van der Waals surface area contributed by atoms with E-state index in [2.05, 4.69) is 25.6 Å². The molecule has 0 radical (unpaired) electrons. The predicted octanol–water partition coefficient (Wildman–Crippen LogP) is 2.37. The van der Waals surface area contributed by atoms with Crippen molar-refractivity contribution in [2.75, 3.05) is 5.32 Å². The second kappa shape index (κ2) is 11.3. The molecule has 0 aliphatic rings. The van der Waals surface area contributed by atoms with Crippen LogP contribution in [0.2, 0.25) is 0 Å². The van der Waals surface area contributed by atoms with Gasteiger partial charge < -0.3 is 5.32 Å². The van der Waals surface area contributed by atoms with Crippen LogP contribution in [0.4, 0.5) is 5.13 Å². The van der Waals surface area contributed by atoms with E-state index in [0.29, 0.717) is 9.52 Å². The van der Waals surface area contributed by atoms with Crippen molar-refractivity contribution in [3.63, 3.8) is 0 Å². The zero-order chi connectivity index (χ0) is 23.8. The van der Waals surface area contributed by atoms with Crippen LogP contribution in [0.3, 0.4) is 0 Å². The summed E-state index contributed by atoms with van der Waals surface area (Å²) in [6, 6.07) is 15.7. The van der Waals surface area contributed by atoms with E-state index >= 15 is 0 Å². The summed E-state index contributed by atoms with van der Waals surface area (Å²) in [7, 11) is -3.84. The molecule has 2 aromatic carbocycles. The number of hydrogen-bond acceptors (Lipinski definition) is 7. The lowest BCUT2D eigenvalue weighted by atomic mass is 10.1. The lowest BCUT2D eigenvalue weighted by molar-refractivity contribution is -0.127. The lowest BCUT2D eigenvalue weighted by Gasteiger charge is -2.21. The second-order valence-electron chi connectivity index (χ2n) is 7.24. The van der Waals surface area contributed by atoms with E-state index in [9.17, 15) is 18.0 Å². The van der Waals surface area contributed by atoms with Gasteiger partial charge in [0.1, 0.15) is 12.1 Å². The monoisotopic (exact) mass is 505 g/mol. The third-order valence-corrected chi connectivity index (χ3v) is 6.90. The highest BCUT2D eigenvalue weighted by Crippen LogP contribution is 2.12. The summed E-state index contributed by atoms with van der Waals surface area (Å²) >= 11 is 6.01. The van der Waals surface area contributed by atoms with Gasteiger partial charge in [0.25, 0.3) is 0 Å². The average molecular weight is 506 g/mol. The summed E-state index contributed by atoms with van der Waals surface area (Å²) in [5.74, 6) is -1.40. The van der Waals surface area contributed by atoms with E-state index < -0.39 is 33.9 Å². The smallest absolute Gasteiger partial charge is 0.248 e.